The summed E-state index contributed by atoms with van der Waals surface area (Å²) in [7, 11) is 0. The molecular formula is C63H58IrN4-2. The third-order valence-corrected chi connectivity index (χ3v) is 13.4. The van der Waals surface area contributed by atoms with Crippen LogP contribution in [0.1, 0.15) is 112 Å². The number of hydrogen-bond donors (Lipinski definition) is 0. The second-order valence-corrected chi connectivity index (χ2v) is 19.1. The monoisotopic (exact) mass is 1060 g/mol. The van der Waals surface area contributed by atoms with Gasteiger partial charge in [-0.3, -0.25) is 9.97 Å². The van der Waals surface area contributed by atoms with Crippen molar-refractivity contribution in [2.75, 3.05) is 0 Å². The third-order valence-electron chi connectivity index (χ3n) is 13.4. The van der Waals surface area contributed by atoms with E-state index in [-0.39, 0.29) is 20.1 Å². The first-order valence-corrected chi connectivity index (χ1v) is 24.0. The Balaban J connectivity index is 0.000000168. The maximum absolute atomic E-state index is 5.23. The van der Waals surface area contributed by atoms with Crippen LogP contribution in [-0.2, 0) is 26.5 Å². The zero-order chi connectivity index (χ0) is 46.3. The van der Waals surface area contributed by atoms with Crippen molar-refractivity contribution in [2.24, 2.45) is 0 Å². The van der Waals surface area contributed by atoms with E-state index >= 15 is 0 Å². The minimum atomic E-state index is 0. The summed E-state index contributed by atoms with van der Waals surface area (Å²) in [5, 5.41) is 0. The summed E-state index contributed by atoms with van der Waals surface area (Å²) in [6.45, 7) is 18.3. The van der Waals surface area contributed by atoms with Crippen LogP contribution in [0.25, 0.3) is 78.5 Å². The number of nitrogens with zero attached hydrogens (tertiary/aromatic N) is 4. The van der Waals surface area contributed by atoms with Gasteiger partial charge in [0.05, 0.1) is 33.7 Å². The molecule has 341 valence electrons. The van der Waals surface area contributed by atoms with Gasteiger partial charge in [0.2, 0.25) is 0 Å². The van der Waals surface area contributed by atoms with Crippen molar-refractivity contribution in [3.8, 4) is 56.4 Å². The van der Waals surface area contributed by atoms with E-state index in [2.05, 4.69) is 234 Å². The van der Waals surface area contributed by atoms with Crippen LogP contribution in [0.4, 0.5) is 0 Å². The number of rotatable bonds is 9. The van der Waals surface area contributed by atoms with Crippen molar-refractivity contribution in [3.63, 3.8) is 0 Å². The first-order valence-electron chi connectivity index (χ1n) is 24.0. The van der Waals surface area contributed by atoms with Crippen LogP contribution in [0.2, 0.25) is 0 Å². The van der Waals surface area contributed by atoms with Gasteiger partial charge < -0.3 is 9.13 Å². The number of aromatic nitrogens is 4. The molecule has 1 aliphatic carbocycles. The quantitative estimate of drug-likeness (QED) is 0.135. The summed E-state index contributed by atoms with van der Waals surface area (Å²) in [6, 6.07) is 67.3. The van der Waals surface area contributed by atoms with E-state index in [0.29, 0.717) is 23.7 Å². The van der Waals surface area contributed by atoms with E-state index in [1.54, 1.807) is 0 Å². The molecule has 0 saturated carbocycles. The van der Waals surface area contributed by atoms with Gasteiger partial charge in [-0.15, -0.1) is 65.2 Å². The SMILES string of the molecule is CC(C)c1cc(-c2ccccc2)cc(C(C)C)c1-n1c(-c2[c-]cccc2)nc2ccccc21.CC(C)c1cccc(C(C)C)c1-n1c(-c2[c-]ccc3c2Cc2ccccc2-3)nc2ccccc21.[Ir]. The van der Waals surface area contributed by atoms with Crippen molar-refractivity contribution >= 4 is 22.1 Å². The smallest absolute Gasteiger partial charge is 0.0774 e. The Morgan fingerprint density at radius 3 is 1.57 bits per heavy atom. The molecular weight excluding hydrogens is 1000 g/mol. The van der Waals surface area contributed by atoms with E-state index in [1.165, 1.54) is 67.0 Å². The van der Waals surface area contributed by atoms with Gasteiger partial charge in [0.15, 0.2) is 0 Å². The summed E-state index contributed by atoms with van der Waals surface area (Å²) in [6.07, 6.45) is 0.921. The van der Waals surface area contributed by atoms with E-state index in [0.717, 1.165) is 51.3 Å². The third kappa shape index (κ3) is 8.48. The van der Waals surface area contributed by atoms with Gasteiger partial charge in [-0.05, 0) is 111 Å². The van der Waals surface area contributed by atoms with Gasteiger partial charge in [0.1, 0.15) is 0 Å². The molecule has 2 aromatic heterocycles. The van der Waals surface area contributed by atoms with E-state index in [1.807, 2.05) is 12.1 Å². The Morgan fingerprint density at radius 1 is 0.441 bits per heavy atom. The van der Waals surface area contributed by atoms with Crippen LogP contribution < -0.4 is 0 Å². The topological polar surface area (TPSA) is 35.6 Å². The minimum Gasteiger partial charge on any atom is -0.333 e. The fraction of sp³-hybridized carbons (Fsp3) is 0.206. The van der Waals surface area contributed by atoms with Gasteiger partial charge in [-0.2, -0.15) is 0 Å². The van der Waals surface area contributed by atoms with Gasteiger partial charge in [-0.1, -0.05) is 158 Å². The summed E-state index contributed by atoms with van der Waals surface area (Å²) < 4.78 is 4.77. The second-order valence-electron chi connectivity index (χ2n) is 19.1. The van der Waals surface area contributed by atoms with Gasteiger partial charge >= 0.3 is 0 Å². The second kappa shape index (κ2) is 19.5. The molecule has 0 saturated heterocycles. The maximum Gasteiger partial charge on any atom is 0.0774 e. The normalized spacial score (nSPS) is 11.9. The zero-order valence-electron chi connectivity index (χ0n) is 40.3. The molecule has 8 aromatic carbocycles. The van der Waals surface area contributed by atoms with E-state index in [4.69, 9.17) is 9.97 Å². The van der Waals surface area contributed by atoms with Gasteiger partial charge in [0, 0.05) is 31.5 Å². The molecule has 68 heavy (non-hydrogen) atoms. The maximum atomic E-state index is 5.23. The molecule has 0 amide bonds. The van der Waals surface area contributed by atoms with Crippen LogP contribution >= 0.6 is 0 Å². The Labute approximate surface area is 416 Å². The Bertz CT molecular complexity index is 3330. The largest absolute Gasteiger partial charge is 0.333 e. The Morgan fingerprint density at radius 2 is 0.971 bits per heavy atom. The van der Waals surface area contributed by atoms with Gasteiger partial charge in [-0.25, -0.2) is 0 Å². The predicted molar refractivity (Wildman–Crippen MR) is 281 cm³/mol. The summed E-state index contributed by atoms with van der Waals surface area (Å²) in [4.78, 5) is 10.3. The minimum absolute atomic E-state index is 0. The van der Waals surface area contributed by atoms with Crippen LogP contribution in [0.5, 0.6) is 0 Å². The molecule has 0 unspecified atom stereocenters. The molecule has 0 N–H and O–H groups in total. The molecule has 5 heteroatoms. The molecule has 10 aromatic rings. The Kier molecular flexibility index (Phi) is 13.3. The molecule has 0 spiro atoms. The van der Waals surface area contributed by atoms with E-state index in [9.17, 15) is 0 Å². The van der Waals surface area contributed by atoms with Gasteiger partial charge in [0.25, 0.3) is 0 Å². The molecule has 11 rings (SSSR count). The summed E-state index contributed by atoms with van der Waals surface area (Å²) >= 11 is 0. The van der Waals surface area contributed by atoms with Crippen LogP contribution in [0.15, 0.2) is 170 Å². The molecule has 0 aliphatic heterocycles. The fourth-order valence-electron chi connectivity index (χ4n) is 10.1. The number of benzene rings is 8. The average molecular weight is 1060 g/mol. The number of para-hydroxylation sites is 5. The van der Waals surface area contributed by atoms with Crippen molar-refractivity contribution in [1.29, 1.82) is 0 Å². The molecule has 1 radical (unpaired) electrons. The predicted octanol–water partition coefficient (Wildman–Crippen LogP) is 16.7. The summed E-state index contributed by atoms with van der Waals surface area (Å²) in [5.74, 6) is 3.44. The van der Waals surface area contributed by atoms with Crippen LogP contribution in [0, 0.1) is 12.1 Å². The summed E-state index contributed by atoms with van der Waals surface area (Å²) in [5.41, 5.74) is 22.2. The first kappa shape index (κ1) is 46.5. The van der Waals surface area contributed by atoms with Crippen molar-refractivity contribution < 1.29 is 20.1 Å². The first-order chi connectivity index (χ1) is 32.6. The molecule has 0 bridgehead atoms. The van der Waals surface area contributed by atoms with Crippen molar-refractivity contribution in [2.45, 2.75) is 85.5 Å². The molecule has 2 heterocycles. The number of fused-ring (bicyclic) bond motifs is 5. The zero-order valence-corrected chi connectivity index (χ0v) is 42.7. The molecule has 0 fully saturated rings. The van der Waals surface area contributed by atoms with Crippen molar-refractivity contribution in [1.82, 2.24) is 19.1 Å². The number of hydrogen-bond acceptors (Lipinski definition) is 2. The fourth-order valence-corrected chi connectivity index (χ4v) is 10.1. The van der Waals surface area contributed by atoms with E-state index < -0.39 is 0 Å². The average Bonchev–Trinajstić information content (AvgIpc) is 4.06. The molecule has 1 aliphatic rings. The van der Waals surface area contributed by atoms with Crippen LogP contribution in [-0.4, -0.2) is 19.1 Å². The molecule has 0 atom stereocenters. The molecule has 4 nitrogen and oxygen atoms in total. The van der Waals surface area contributed by atoms with Crippen molar-refractivity contribution in [3.05, 3.63) is 215 Å². The number of imidazole rings is 2. The standard InChI is InChI=1S/C32H29N2.C31H29N2.Ir/c1-20(2)23-13-9-14-24(21(3)4)31(23)34-30-18-8-7-17-29(30)33-32(34)27-16-10-15-26-25-12-6-5-11-22(25)19-28(26)27;1-21(2)26-19-25(23-13-7-5-8-14-23)20-27(22(3)4)30(26)33-29-18-12-11-17-28(29)32-31(33)24-15-9-6-10-16-24;/h5-15,17-18,20-21H,19H2,1-4H3;5-15,17-22H,1-4H3;/q2*-1;. The van der Waals surface area contributed by atoms with Crippen LogP contribution in [0.3, 0.4) is 0 Å². The Hall–Kier alpha value is -6.65.